The molecule has 2 fully saturated rings. The molecule has 3 heterocycles. The van der Waals surface area contributed by atoms with Gasteiger partial charge in [0.2, 0.25) is 0 Å². The van der Waals surface area contributed by atoms with Crippen molar-refractivity contribution in [1.82, 2.24) is 9.47 Å². The molecule has 1 N–H and O–H groups in total. The molecule has 1 spiro atoms. The summed E-state index contributed by atoms with van der Waals surface area (Å²) in [6, 6.07) is 10.0. The maximum atomic E-state index is 13.1. The van der Waals surface area contributed by atoms with Gasteiger partial charge in [-0.2, -0.15) is 0 Å². The molecule has 0 aliphatic carbocycles. The van der Waals surface area contributed by atoms with Crippen LogP contribution in [0, 0.1) is 12.3 Å². The summed E-state index contributed by atoms with van der Waals surface area (Å²) in [5.41, 5.74) is 4.73. The molecule has 2 aliphatic heterocycles. The Balaban J connectivity index is 1.55. The third kappa shape index (κ3) is 5.53. The van der Waals surface area contributed by atoms with E-state index in [0.29, 0.717) is 12.1 Å². The van der Waals surface area contributed by atoms with E-state index in [4.69, 9.17) is 18.9 Å². The number of rotatable bonds is 6. The molecule has 0 unspecified atom stereocenters. The fourth-order valence-corrected chi connectivity index (χ4v) is 6.19. The lowest BCUT2D eigenvalue weighted by molar-refractivity contribution is -0.153. The SMILES string of the molecule is CNc1cc([C@H]2CC3(CCN2Cc2c(OC)cc(C)c4c2ccn4C(=O)OC(C)(C)C)COC3)ccc1C(=O)OC. The number of aromatic nitrogens is 1. The summed E-state index contributed by atoms with van der Waals surface area (Å²) in [7, 11) is 4.90. The van der Waals surface area contributed by atoms with E-state index in [-0.39, 0.29) is 17.4 Å². The average Bonchev–Trinajstić information content (AvgIpc) is 3.38. The van der Waals surface area contributed by atoms with Crippen LogP contribution in [0.3, 0.4) is 0 Å². The summed E-state index contributed by atoms with van der Waals surface area (Å²) in [6.07, 6.45) is 3.37. The Morgan fingerprint density at radius 1 is 1.15 bits per heavy atom. The predicted molar refractivity (Wildman–Crippen MR) is 158 cm³/mol. The second-order valence-corrected chi connectivity index (χ2v) is 12.3. The first-order chi connectivity index (χ1) is 19.5. The van der Waals surface area contributed by atoms with Crippen molar-refractivity contribution >= 4 is 28.7 Å². The number of hydrogen-bond donors (Lipinski definition) is 1. The minimum Gasteiger partial charge on any atom is -0.496 e. The summed E-state index contributed by atoms with van der Waals surface area (Å²) >= 11 is 0. The predicted octanol–water partition coefficient (Wildman–Crippen LogP) is 5.92. The normalized spacial score (nSPS) is 18.7. The first kappa shape index (κ1) is 29.0. The van der Waals surface area contributed by atoms with Gasteiger partial charge in [0.15, 0.2) is 0 Å². The Kier molecular flexibility index (Phi) is 7.78. The van der Waals surface area contributed by atoms with Crippen LogP contribution < -0.4 is 10.1 Å². The highest BCUT2D eigenvalue weighted by atomic mass is 16.6. The van der Waals surface area contributed by atoms with Gasteiger partial charge in [-0.15, -0.1) is 0 Å². The molecule has 5 rings (SSSR count). The van der Waals surface area contributed by atoms with Gasteiger partial charge in [-0.3, -0.25) is 9.47 Å². The number of carbonyl (C=O) groups excluding carboxylic acids is 2. The summed E-state index contributed by atoms with van der Waals surface area (Å²) in [6.45, 7) is 10.6. The third-order valence-corrected chi connectivity index (χ3v) is 8.32. The minimum absolute atomic E-state index is 0.0976. The molecule has 0 radical (unpaired) electrons. The van der Waals surface area contributed by atoms with Gasteiger partial charge >= 0.3 is 12.1 Å². The molecule has 9 heteroatoms. The van der Waals surface area contributed by atoms with E-state index >= 15 is 0 Å². The van der Waals surface area contributed by atoms with Crippen molar-refractivity contribution in [2.24, 2.45) is 5.41 Å². The zero-order valence-electron chi connectivity index (χ0n) is 25.1. The molecule has 220 valence electrons. The lowest BCUT2D eigenvalue weighted by Crippen LogP contribution is -2.51. The molecular formula is C32H41N3O6. The van der Waals surface area contributed by atoms with Crippen LogP contribution in [0.25, 0.3) is 10.9 Å². The van der Waals surface area contributed by atoms with E-state index < -0.39 is 11.7 Å². The highest BCUT2D eigenvalue weighted by molar-refractivity contribution is 5.96. The van der Waals surface area contributed by atoms with E-state index in [1.165, 1.54) is 7.11 Å². The number of esters is 1. The van der Waals surface area contributed by atoms with Gasteiger partial charge in [0.05, 0.1) is 38.5 Å². The maximum Gasteiger partial charge on any atom is 0.419 e. The lowest BCUT2D eigenvalue weighted by Gasteiger charge is -2.51. The smallest absolute Gasteiger partial charge is 0.419 e. The number of nitrogens with zero attached hydrogens (tertiary/aromatic N) is 2. The number of hydrogen-bond acceptors (Lipinski definition) is 8. The fourth-order valence-electron chi connectivity index (χ4n) is 6.19. The number of nitrogens with one attached hydrogen (secondary N) is 1. The molecule has 0 amide bonds. The largest absolute Gasteiger partial charge is 0.496 e. The van der Waals surface area contributed by atoms with Crippen molar-refractivity contribution in [2.45, 2.75) is 58.7 Å². The summed E-state index contributed by atoms with van der Waals surface area (Å²) in [5, 5.41) is 4.14. The van der Waals surface area contributed by atoms with Crippen LogP contribution in [0.4, 0.5) is 10.5 Å². The Morgan fingerprint density at radius 3 is 2.51 bits per heavy atom. The summed E-state index contributed by atoms with van der Waals surface area (Å²) < 4.78 is 23.9. The van der Waals surface area contributed by atoms with Gasteiger partial charge in [-0.1, -0.05) is 6.07 Å². The van der Waals surface area contributed by atoms with E-state index in [1.54, 1.807) is 17.9 Å². The first-order valence-corrected chi connectivity index (χ1v) is 14.1. The second-order valence-electron chi connectivity index (χ2n) is 12.3. The number of piperidine rings is 1. The highest BCUT2D eigenvalue weighted by Gasteiger charge is 2.46. The molecule has 41 heavy (non-hydrogen) atoms. The second kappa shape index (κ2) is 11.0. The van der Waals surface area contributed by atoms with Crippen molar-refractivity contribution < 1.29 is 28.5 Å². The molecule has 1 aromatic heterocycles. The highest BCUT2D eigenvalue weighted by Crippen LogP contribution is 2.48. The number of carbonyl (C=O) groups is 2. The maximum absolute atomic E-state index is 13.1. The van der Waals surface area contributed by atoms with E-state index in [2.05, 4.69) is 16.3 Å². The third-order valence-electron chi connectivity index (χ3n) is 8.32. The fraction of sp³-hybridized carbons (Fsp3) is 0.500. The van der Waals surface area contributed by atoms with Crippen LogP contribution in [0.2, 0.25) is 0 Å². The molecule has 3 aromatic rings. The van der Waals surface area contributed by atoms with Crippen LogP contribution in [-0.4, -0.2) is 68.2 Å². The van der Waals surface area contributed by atoms with Crippen LogP contribution in [0.15, 0.2) is 36.5 Å². The van der Waals surface area contributed by atoms with Gasteiger partial charge in [0.25, 0.3) is 0 Å². The molecule has 2 aliphatic rings. The number of benzene rings is 2. The lowest BCUT2D eigenvalue weighted by atomic mass is 9.72. The molecule has 0 bridgehead atoms. The monoisotopic (exact) mass is 563 g/mol. The molecule has 0 saturated carbocycles. The molecule has 2 aromatic carbocycles. The van der Waals surface area contributed by atoms with Crippen LogP contribution in [0.5, 0.6) is 5.75 Å². The van der Waals surface area contributed by atoms with Gasteiger partial charge < -0.3 is 24.3 Å². The summed E-state index contributed by atoms with van der Waals surface area (Å²) in [4.78, 5) is 27.9. The zero-order chi connectivity index (χ0) is 29.5. The minimum atomic E-state index is -0.602. The van der Waals surface area contributed by atoms with E-state index in [1.807, 2.05) is 59.0 Å². The number of anilines is 1. The number of methoxy groups -OCH3 is 2. The van der Waals surface area contributed by atoms with E-state index in [0.717, 1.165) is 71.6 Å². The molecule has 2 saturated heterocycles. The van der Waals surface area contributed by atoms with Crippen LogP contribution in [0.1, 0.15) is 66.7 Å². The van der Waals surface area contributed by atoms with Gasteiger partial charge in [-0.05, 0) is 82.5 Å². The van der Waals surface area contributed by atoms with Crippen LogP contribution in [-0.2, 0) is 20.8 Å². The number of fused-ring (bicyclic) bond motifs is 1. The van der Waals surface area contributed by atoms with Crippen LogP contribution >= 0.6 is 0 Å². The van der Waals surface area contributed by atoms with Gasteiger partial charge in [-0.25, -0.2) is 9.59 Å². The van der Waals surface area contributed by atoms with Crippen molar-refractivity contribution in [3.05, 3.63) is 58.8 Å². The first-order valence-electron chi connectivity index (χ1n) is 14.1. The topological polar surface area (TPSA) is 91.3 Å². The summed E-state index contributed by atoms with van der Waals surface area (Å²) in [5.74, 6) is 0.423. The zero-order valence-corrected chi connectivity index (χ0v) is 25.1. The number of ether oxygens (including phenoxy) is 4. The Bertz CT molecular complexity index is 1470. The Labute approximate surface area is 241 Å². The van der Waals surface area contributed by atoms with Gasteiger partial charge in [0, 0.05) is 47.9 Å². The Morgan fingerprint density at radius 2 is 1.90 bits per heavy atom. The van der Waals surface area contributed by atoms with Crippen molar-refractivity contribution in [3.8, 4) is 5.75 Å². The molecular weight excluding hydrogens is 522 g/mol. The van der Waals surface area contributed by atoms with Gasteiger partial charge in [0.1, 0.15) is 11.4 Å². The number of aryl methyl sites for hydroxylation is 1. The average molecular weight is 564 g/mol. The number of likely N-dealkylation sites (tertiary alicyclic amines) is 1. The standard InChI is InChI=1S/C32H41N3O6/c1-20-14-27(38-6)24(22-10-12-35(28(20)22)30(37)41-31(2,3)4)17-34-13-11-32(18-40-19-32)16-26(34)21-8-9-23(29(36)39-7)25(15-21)33-5/h8-10,12,14-15,26,33H,11,13,16-19H2,1-7H3/t26-/m1/s1. The van der Waals surface area contributed by atoms with E-state index in [9.17, 15) is 9.59 Å². The van der Waals surface area contributed by atoms with Crippen molar-refractivity contribution in [1.29, 1.82) is 0 Å². The quantitative estimate of drug-likeness (QED) is 0.370. The van der Waals surface area contributed by atoms with Crippen molar-refractivity contribution in [3.63, 3.8) is 0 Å². The Hall–Kier alpha value is -3.56. The molecule has 9 nitrogen and oxygen atoms in total. The molecule has 1 atom stereocenters. The van der Waals surface area contributed by atoms with Crippen molar-refractivity contribution in [2.75, 3.05) is 46.3 Å².